The van der Waals surface area contributed by atoms with Gasteiger partial charge in [0, 0.05) is 18.8 Å². The minimum Gasteiger partial charge on any atom is -0.345 e. The molecule has 1 N–H and O–H groups in total. The Hall–Kier alpha value is -1.87. The zero-order chi connectivity index (χ0) is 16.7. The van der Waals surface area contributed by atoms with Crippen LogP contribution < -0.4 is 5.32 Å². The molecule has 0 bridgehead atoms. The van der Waals surface area contributed by atoms with Gasteiger partial charge in [0.2, 0.25) is 0 Å². The van der Waals surface area contributed by atoms with Crippen LogP contribution in [0.25, 0.3) is 0 Å². The smallest absolute Gasteiger partial charge is 0.173 e. The van der Waals surface area contributed by atoms with E-state index in [1.165, 1.54) is 16.7 Å². The maximum Gasteiger partial charge on any atom is 0.173 e. The molecule has 122 valence electrons. The largest absolute Gasteiger partial charge is 0.345 e. The highest BCUT2D eigenvalue weighted by molar-refractivity contribution is 7.80. The van der Waals surface area contributed by atoms with Gasteiger partial charge in [0.15, 0.2) is 5.11 Å². The molecular formula is C20H26N2S. The van der Waals surface area contributed by atoms with Crippen LogP contribution in [0.4, 0.5) is 5.69 Å². The molecule has 0 saturated heterocycles. The fourth-order valence-corrected chi connectivity index (χ4v) is 2.82. The lowest BCUT2D eigenvalue weighted by Crippen LogP contribution is -2.35. The first-order valence-corrected chi connectivity index (χ1v) is 8.68. The Morgan fingerprint density at radius 3 is 2.48 bits per heavy atom. The summed E-state index contributed by atoms with van der Waals surface area (Å²) in [7, 11) is 0. The van der Waals surface area contributed by atoms with Crippen LogP contribution in [0.3, 0.4) is 0 Å². The number of unbranched alkanes of at least 4 members (excludes halogenated alkanes) is 1. The van der Waals surface area contributed by atoms with Gasteiger partial charge in [-0.25, -0.2) is 0 Å². The van der Waals surface area contributed by atoms with Gasteiger partial charge in [0.05, 0.1) is 0 Å². The molecule has 0 aromatic heterocycles. The standard InChI is InChI=1S/C20H26N2S/c1-4-5-13-22(15-18-9-7-6-8-10-18)20(23)21-19-12-11-16(2)14-17(19)3/h6-12,14H,4-5,13,15H2,1-3H3,(H,21,23). The molecule has 0 saturated carbocycles. The maximum atomic E-state index is 5.68. The van der Waals surface area contributed by atoms with E-state index in [9.17, 15) is 0 Å². The summed E-state index contributed by atoms with van der Waals surface area (Å²) in [6.07, 6.45) is 2.30. The topological polar surface area (TPSA) is 15.3 Å². The summed E-state index contributed by atoms with van der Waals surface area (Å²) in [5, 5.41) is 4.22. The molecule has 2 rings (SSSR count). The third-order valence-corrected chi connectivity index (χ3v) is 4.27. The molecule has 0 amide bonds. The van der Waals surface area contributed by atoms with Gasteiger partial charge in [-0.15, -0.1) is 0 Å². The van der Waals surface area contributed by atoms with Gasteiger partial charge in [0.25, 0.3) is 0 Å². The van der Waals surface area contributed by atoms with Gasteiger partial charge in [-0.2, -0.15) is 0 Å². The Kier molecular flexibility index (Phi) is 6.60. The Morgan fingerprint density at radius 2 is 1.83 bits per heavy atom. The number of aryl methyl sites for hydroxylation is 2. The average Bonchev–Trinajstić information content (AvgIpc) is 2.55. The van der Waals surface area contributed by atoms with Gasteiger partial charge < -0.3 is 10.2 Å². The van der Waals surface area contributed by atoms with E-state index < -0.39 is 0 Å². The van der Waals surface area contributed by atoms with E-state index in [2.05, 4.69) is 73.5 Å². The molecule has 0 spiro atoms. The molecule has 0 fully saturated rings. The van der Waals surface area contributed by atoms with Crippen LogP contribution in [-0.2, 0) is 6.54 Å². The van der Waals surface area contributed by atoms with Crippen LogP contribution in [0.5, 0.6) is 0 Å². The molecule has 0 heterocycles. The summed E-state index contributed by atoms with van der Waals surface area (Å²) in [4.78, 5) is 2.26. The normalized spacial score (nSPS) is 10.4. The van der Waals surface area contributed by atoms with Gasteiger partial charge in [-0.3, -0.25) is 0 Å². The lowest BCUT2D eigenvalue weighted by molar-refractivity contribution is 0.408. The first kappa shape index (κ1) is 17.5. The van der Waals surface area contributed by atoms with Crippen molar-refractivity contribution in [2.75, 3.05) is 11.9 Å². The number of hydrogen-bond donors (Lipinski definition) is 1. The minimum atomic E-state index is 0.800. The highest BCUT2D eigenvalue weighted by atomic mass is 32.1. The molecule has 3 heteroatoms. The predicted molar refractivity (Wildman–Crippen MR) is 104 cm³/mol. The number of benzene rings is 2. The summed E-state index contributed by atoms with van der Waals surface area (Å²) in [6.45, 7) is 8.25. The molecule has 2 nitrogen and oxygen atoms in total. The second-order valence-electron chi connectivity index (χ2n) is 6.01. The van der Waals surface area contributed by atoms with Crippen LogP contribution in [0.15, 0.2) is 48.5 Å². The maximum absolute atomic E-state index is 5.68. The van der Waals surface area contributed by atoms with Crippen molar-refractivity contribution in [3.63, 3.8) is 0 Å². The Morgan fingerprint density at radius 1 is 1.09 bits per heavy atom. The minimum absolute atomic E-state index is 0.800. The third-order valence-electron chi connectivity index (χ3n) is 3.91. The van der Waals surface area contributed by atoms with Crippen molar-refractivity contribution in [2.24, 2.45) is 0 Å². The zero-order valence-corrected chi connectivity index (χ0v) is 15.1. The SMILES string of the molecule is CCCCN(Cc1ccccc1)C(=S)Nc1ccc(C)cc1C. The van der Waals surface area contributed by atoms with E-state index in [1.54, 1.807) is 0 Å². The average molecular weight is 327 g/mol. The fraction of sp³-hybridized carbons (Fsp3) is 0.350. The van der Waals surface area contributed by atoms with Crippen molar-refractivity contribution < 1.29 is 0 Å². The van der Waals surface area contributed by atoms with E-state index in [0.29, 0.717) is 0 Å². The summed E-state index contributed by atoms with van der Waals surface area (Å²) in [6, 6.07) is 16.9. The number of rotatable bonds is 6. The van der Waals surface area contributed by atoms with Crippen molar-refractivity contribution in [3.05, 3.63) is 65.2 Å². The molecule has 0 atom stereocenters. The van der Waals surface area contributed by atoms with Crippen molar-refractivity contribution in [1.82, 2.24) is 4.90 Å². The summed E-state index contributed by atoms with van der Waals surface area (Å²) >= 11 is 5.68. The third kappa shape index (κ3) is 5.36. The molecule has 0 aliphatic rings. The van der Waals surface area contributed by atoms with E-state index >= 15 is 0 Å². The van der Waals surface area contributed by atoms with Crippen LogP contribution >= 0.6 is 12.2 Å². The van der Waals surface area contributed by atoms with Crippen molar-refractivity contribution >= 4 is 23.0 Å². The Bertz CT molecular complexity index is 637. The number of thiocarbonyl (C=S) groups is 1. The van der Waals surface area contributed by atoms with E-state index in [-0.39, 0.29) is 0 Å². The van der Waals surface area contributed by atoms with Gasteiger partial charge in [-0.05, 0) is 49.7 Å². The fourth-order valence-electron chi connectivity index (χ4n) is 2.55. The molecule has 0 unspecified atom stereocenters. The number of nitrogens with zero attached hydrogens (tertiary/aromatic N) is 1. The van der Waals surface area contributed by atoms with Crippen LogP contribution in [0.2, 0.25) is 0 Å². The first-order chi connectivity index (χ1) is 11.1. The van der Waals surface area contributed by atoms with Crippen LogP contribution in [-0.4, -0.2) is 16.6 Å². The highest BCUT2D eigenvalue weighted by Gasteiger charge is 2.11. The quantitative estimate of drug-likeness (QED) is 0.725. The van der Waals surface area contributed by atoms with E-state index in [1.807, 2.05) is 6.07 Å². The molecule has 23 heavy (non-hydrogen) atoms. The second kappa shape index (κ2) is 8.68. The van der Waals surface area contributed by atoms with Crippen LogP contribution in [0.1, 0.15) is 36.5 Å². The molecule has 0 radical (unpaired) electrons. The molecular weight excluding hydrogens is 300 g/mol. The lowest BCUT2D eigenvalue weighted by Gasteiger charge is -2.26. The van der Waals surface area contributed by atoms with Crippen molar-refractivity contribution in [2.45, 2.75) is 40.2 Å². The highest BCUT2D eigenvalue weighted by Crippen LogP contribution is 2.17. The van der Waals surface area contributed by atoms with Crippen molar-refractivity contribution in [1.29, 1.82) is 0 Å². The summed E-state index contributed by atoms with van der Waals surface area (Å²) in [5.41, 5.74) is 4.87. The number of hydrogen-bond acceptors (Lipinski definition) is 1. The van der Waals surface area contributed by atoms with E-state index in [0.717, 1.165) is 36.7 Å². The monoisotopic (exact) mass is 326 g/mol. The van der Waals surface area contributed by atoms with Gasteiger partial charge in [-0.1, -0.05) is 61.4 Å². The Balaban J connectivity index is 2.09. The summed E-state index contributed by atoms with van der Waals surface area (Å²) in [5.74, 6) is 0. The van der Waals surface area contributed by atoms with E-state index in [4.69, 9.17) is 12.2 Å². The van der Waals surface area contributed by atoms with Crippen molar-refractivity contribution in [3.8, 4) is 0 Å². The molecule has 0 aliphatic heterocycles. The zero-order valence-electron chi connectivity index (χ0n) is 14.3. The predicted octanol–water partition coefficient (Wildman–Crippen LogP) is 5.30. The first-order valence-electron chi connectivity index (χ1n) is 8.27. The number of nitrogens with one attached hydrogen (secondary N) is 1. The summed E-state index contributed by atoms with van der Waals surface area (Å²) < 4.78 is 0. The lowest BCUT2D eigenvalue weighted by atomic mass is 10.1. The second-order valence-corrected chi connectivity index (χ2v) is 6.40. The molecule has 2 aromatic carbocycles. The molecule has 2 aromatic rings. The Labute approximate surface area is 145 Å². The number of anilines is 1. The van der Waals surface area contributed by atoms with Gasteiger partial charge >= 0.3 is 0 Å². The van der Waals surface area contributed by atoms with Crippen LogP contribution in [0, 0.1) is 13.8 Å². The molecule has 0 aliphatic carbocycles. The van der Waals surface area contributed by atoms with Gasteiger partial charge in [0.1, 0.15) is 0 Å².